The Kier molecular flexibility index (Phi) is 6.21. The Labute approximate surface area is 82.3 Å². The first kappa shape index (κ1) is 12.2. The molecule has 0 aliphatic carbocycles. The highest BCUT2D eigenvalue weighted by atomic mass is 14.7. The minimum Gasteiger partial charge on any atom is -0.265 e. The van der Waals surface area contributed by atoms with Gasteiger partial charge in [0.15, 0.2) is 0 Å². The van der Waals surface area contributed by atoms with Crippen LogP contribution in [0, 0.1) is 5.92 Å². The van der Waals surface area contributed by atoms with Crippen molar-refractivity contribution in [2.24, 2.45) is 10.9 Å². The standard InChI is InChI=1S/C12H21N/c1-6-10(4)9-13-12(8-3)11(5)7-2/h6,9,11H,1,7-8H2,2-5H3/b10-9-,13-12?. The van der Waals surface area contributed by atoms with Crippen LogP contribution in [0.25, 0.3) is 0 Å². The summed E-state index contributed by atoms with van der Waals surface area (Å²) in [7, 11) is 0. The molecule has 0 radical (unpaired) electrons. The Hall–Kier alpha value is -0.850. The van der Waals surface area contributed by atoms with Gasteiger partial charge in [0.1, 0.15) is 0 Å². The van der Waals surface area contributed by atoms with Crippen molar-refractivity contribution in [2.75, 3.05) is 0 Å². The van der Waals surface area contributed by atoms with Crippen LogP contribution < -0.4 is 0 Å². The van der Waals surface area contributed by atoms with Crippen LogP contribution in [0.3, 0.4) is 0 Å². The Morgan fingerprint density at radius 1 is 1.46 bits per heavy atom. The summed E-state index contributed by atoms with van der Waals surface area (Å²) in [6.07, 6.45) is 5.93. The largest absolute Gasteiger partial charge is 0.265 e. The molecular weight excluding hydrogens is 158 g/mol. The van der Waals surface area contributed by atoms with Gasteiger partial charge in [-0.1, -0.05) is 33.4 Å². The van der Waals surface area contributed by atoms with Gasteiger partial charge in [-0.15, -0.1) is 0 Å². The lowest BCUT2D eigenvalue weighted by atomic mass is 10.0. The number of rotatable bonds is 5. The highest BCUT2D eigenvalue weighted by molar-refractivity contribution is 5.86. The van der Waals surface area contributed by atoms with Crippen LogP contribution in [0.2, 0.25) is 0 Å². The third-order valence-corrected chi connectivity index (χ3v) is 2.30. The third-order valence-electron chi connectivity index (χ3n) is 2.30. The van der Waals surface area contributed by atoms with Crippen molar-refractivity contribution in [2.45, 2.75) is 40.5 Å². The summed E-state index contributed by atoms with van der Waals surface area (Å²) in [5, 5.41) is 0. The normalized spacial score (nSPS) is 15.7. The first-order valence-electron chi connectivity index (χ1n) is 5.01. The molecule has 0 aliphatic rings. The van der Waals surface area contributed by atoms with Gasteiger partial charge in [0, 0.05) is 11.9 Å². The van der Waals surface area contributed by atoms with Crippen molar-refractivity contribution in [3.8, 4) is 0 Å². The van der Waals surface area contributed by atoms with Gasteiger partial charge < -0.3 is 0 Å². The second kappa shape index (κ2) is 6.64. The van der Waals surface area contributed by atoms with Gasteiger partial charge in [-0.3, -0.25) is 4.99 Å². The highest BCUT2D eigenvalue weighted by Gasteiger charge is 2.04. The van der Waals surface area contributed by atoms with Gasteiger partial charge in [-0.2, -0.15) is 0 Å². The molecule has 0 saturated heterocycles. The minimum absolute atomic E-state index is 0.596. The number of hydrogen-bond donors (Lipinski definition) is 0. The van der Waals surface area contributed by atoms with E-state index in [4.69, 9.17) is 0 Å². The molecule has 0 N–H and O–H groups in total. The number of nitrogens with zero attached hydrogens (tertiary/aromatic N) is 1. The van der Waals surface area contributed by atoms with E-state index in [-0.39, 0.29) is 0 Å². The molecule has 1 heteroatoms. The zero-order chi connectivity index (χ0) is 10.3. The molecule has 0 amide bonds. The fourth-order valence-electron chi connectivity index (χ4n) is 1.04. The quantitative estimate of drug-likeness (QED) is 0.447. The van der Waals surface area contributed by atoms with Crippen molar-refractivity contribution < 1.29 is 0 Å². The molecule has 0 rings (SSSR count). The zero-order valence-electron chi connectivity index (χ0n) is 9.30. The smallest absolute Gasteiger partial charge is 0.0296 e. The monoisotopic (exact) mass is 179 g/mol. The van der Waals surface area contributed by atoms with E-state index in [0.29, 0.717) is 5.92 Å². The highest BCUT2D eigenvalue weighted by Crippen LogP contribution is 2.08. The predicted octanol–water partition coefficient (Wildman–Crippen LogP) is 3.97. The summed E-state index contributed by atoms with van der Waals surface area (Å²) in [4.78, 5) is 4.47. The minimum atomic E-state index is 0.596. The van der Waals surface area contributed by atoms with Crippen molar-refractivity contribution >= 4 is 5.71 Å². The predicted molar refractivity (Wildman–Crippen MR) is 61.1 cm³/mol. The van der Waals surface area contributed by atoms with Crippen LogP contribution in [0.5, 0.6) is 0 Å². The molecule has 0 heterocycles. The van der Waals surface area contributed by atoms with E-state index in [1.165, 1.54) is 5.71 Å². The first-order valence-corrected chi connectivity index (χ1v) is 5.01. The molecular formula is C12H21N. The van der Waals surface area contributed by atoms with Gasteiger partial charge in [0.25, 0.3) is 0 Å². The van der Waals surface area contributed by atoms with E-state index in [1.54, 1.807) is 0 Å². The lowest BCUT2D eigenvalue weighted by Gasteiger charge is -2.09. The maximum absolute atomic E-state index is 4.47. The maximum Gasteiger partial charge on any atom is 0.0296 e. The van der Waals surface area contributed by atoms with E-state index in [2.05, 4.69) is 32.3 Å². The van der Waals surface area contributed by atoms with Crippen molar-refractivity contribution in [1.29, 1.82) is 0 Å². The Balaban J connectivity index is 4.47. The summed E-state index contributed by atoms with van der Waals surface area (Å²) >= 11 is 0. The fourth-order valence-corrected chi connectivity index (χ4v) is 1.04. The first-order chi connectivity index (χ1) is 6.15. The van der Waals surface area contributed by atoms with Gasteiger partial charge in [0.2, 0.25) is 0 Å². The Bertz CT molecular complexity index is 211. The Morgan fingerprint density at radius 2 is 2.08 bits per heavy atom. The van der Waals surface area contributed by atoms with Crippen LogP contribution >= 0.6 is 0 Å². The summed E-state index contributed by atoms with van der Waals surface area (Å²) in [6.45, 7) is 12.3. The fraction of sp³-hybridized carbons (Fsp3) is 0.583. The summed E-state index contributed by atoms with van der Waals surface area (Å²) in [5.74, 6) is 0.596. The lowest BCUT2D eigenvalue weighted by molar-refractivity contribution is 0.725. The van der Waals surface area contributed by atoms with E-state index >= 15 is 0 Å². The van der Waals surface area contributed by atoms with Crippen molar-refractivity contribution in [3.63, 3.8) is 0 Å². The second-order valence-electron chi connectivity index (χ2n) is 3.36. The number of allylic oxidation sites excluding steroid dienone is 2. The molecule has 0 aromatic carbocycles. The Morgan fingerprint density at radius 3 is 2.46 bits per heavy atom. The summed E-state index contributed by atoms with van der Waals surface area (Å²) in [6, 6.07) is 0. The zero-order valence-corrected chi connectivity index (χ0v) is 9.30. The lowest BCUT2D eigenvalue weighted by Crippen LogP contribution is -2.08. The average Bonchev–Trinajstić information content (AvgIpc) is 2.17. The van der Waals surface area contributed by atoms with Gasteiger partial charge in [0.05, 0.1) is 0 Å². The maximum atomic E-state index is 4.47. The molecule has 0 saturated carbocycles. The average molecular weight is 179 g/mol. The topological polar surface area (TPSA) is 12.4 Å². The number of hydrogen-bond acceptors (Lipinski definition) is 1. The third kappa shape index (κ3) is 4.66. The molecule has 1 nitrogen and oxygen atoms in total. The number of aliphatic imine (C=N–C) groups is 1. The molecule has 0 spiro atoms. The summed E-state index contributed by atoms with van der Waals surface area (Å²) < 4.78 is 0. The van der Waals surface area contributed by atoms with Crippen LogP contribution in [0.4, 0.5) is 0 Å². The van der Waals surface area contributed by atoms with Crippen LogP contribution in [0.1, 0.15) is 40.5 Å². The summed E-state index contributed by atoms with van der Waals surface area (Å²) in [5.41, 5.74) is 2.40. The molecule has 0 fully saturated rings. The van der Waals surface area contributed by atoms with Crippen LogP contribution in [-0.4, -0.2) is 5.71 Å². The molecule has 1 atom stereocenters. The molecule has 13 heavy (non-hydrogen) atoms. The van der Waals surface area contributed by atoms with E-state index < -0.39 is 0 Å². The van der Waals surface area contributed by atoms with Crippen LogP contribution in [0.15, 0.2) is 29.4 Å². The van der Waals surface area contributed by atoms with E-state index in [9.17, 15) is 0 Å². The molecule has 0 aliphatic heterocycles. The molecule has 0 aromatic heterocycles. The SMILES string of the molecule is C=C/C(C)=C\N=C(CC)C(C)CC. The van der Waals surface area contributed by atoms with Gasteiger partial charge in [-0.05, 0) is 31.3 Å². The van der Waals surface area contributed by atoms with Crippen molar-refractivity contribution in [3.05, 3.63) is 24.4 Å². The molecule has 74 valence electrons. The molecule has 0 bridgehead atoms. The molecule has 0 aromatic rings. The van der Waals surface area contributed by atoms with Gasteiger partial charge in [-0.25, -0.2) is 0 Å². The van der Waals surface area contributed by atoms with E-state index in [1.807, 2.05) is 19.2 Å². The molecule has 1 unspecified atom stereocenters. The van der Waals surface area contributed by atoms with E-state index in [0.717, 1.165) is 18.4 Å². The van der Waals surface area contributed by atoms with Crippen molar-refractivity contribution in [1.82, 2.24) is 0 Å². The van der Waals surface area contributed by atoms with Gasteiger partial charge >= 0.3 is 0 Å². The second-order valence-corrected chi connectivity index (χ2v) is 3.36. The van der Waals surface area contributed by atoms with Crippen LogP contribution in [-0.2, 0) is 0 Å².